The van der Waals surface area contributed by atoms with Gasteiger partial charge in [0.05, 0.1) is 0 Å². The molecule has 0 saturated carbocycles. The van der Waals surface area contributed by atoms with Crippen molar-refractivity contribution in [3.63, 3.8) is 0 Å². The van der Waals surface area contributed by atoms with Crippen molar-refractivity contribution in [2.24, 2.45) is 0 Å². The van der Waals surface area contributed by atoms with Crippen molar-refractivity contribution in [2.45, 2.75) is 0 Å². The summed E-state index contributed by atoms with van der Waals surface area (Å²) in [6.45, 7) is 0. The minimum Gasteiger partial charge on any atom is -0.521 e. The normalized spacial score (nSPS) is 8.00. The molecule has 0 bridgehead atoms. The summed E-state index contributed by atoms with van der Waals surface area (Å²) in [4.78, 5) is 13.6. The Hall–Kier alpha value is -0.380. The molecule has 1 heterocycles. The maximum absolute atomic E-state index is 10.1. The monoisotopic (exact) mass is 145 g/mol. The Morgan fingerprint density at radius 3 is 2.70 bits per heavy atom. The van der Waals surface area contributed by atoms with Crippen LogP contribution in [0.1, 0.15) is 10.4 Å². The van der Waals surface area contributed by atoms with Crippen LogP contribution in [0.4, 0.5) is 0 Å². The second-order valence-corrected chi connectivity index (χ2v) is 1.47. The zero-order valence-electron chi connectivity index (χ0n) is 5.53. The van der Waals surface area contributed by atoms with Gasteiger partial charge in [-0.3, -0.25) is 0 Å². The maximum Gasteiger partial charge on any atom is 1.00 e. The molecule has 0 spiro atoms. The van der Waals surface area contributed by atoms with Crippen LogP contribution in [-0.2, 0) is 0 Å². The topological polar surface area (TPSA) is 50.2 Å². The second-order valence-electron chi connectivity index (χ2n) is 1.47. The molecule has 1 aromatic rings. The first-order valence-electron chi connectivity index (χ1n) is 2.36. The second kappa shape index (κ2) is 4.44. The van der Waals surface area contributed by atoms with E-state index in [4.69, 9.17) is 5.11 Å². The van der Waals surface area contributed by atoms with E-state index in [1.165, 1.54) is 12.3 Å². The van der Waals surface area contributed by atoms with E-state index < -0.39 is 5.97 Å². The van der Waals surface area contributed by atoms with Gasteiger partial charge in [-0.2, -0.15) is 0 Å². The molecule has 1 aromatic heterocycles. The molecular weight excluding hydrogens is 141 g/mol. The van der Waals surface area contributed by atoms with E-state index in [1.54, 1.807) is 6.07 Å². The fraction of sp³-hybridized carbons (Fsp3) is 0. The third-order valence-corrected chi connectivity index (χ3v) is 0.839. The summed E-state index contributed by atoms with van der Waals surface area (Å²) < 4.78 is 0. The number of carbonyl (C=O) groups is 1. The predicted molar refractivity (Wildman–Crippen MR) is 30.0 cm³/mol. The van der Waals surface area contributed by atoms with Gasteiger partial charge in [0.2, 0.25) is 5.97 Å². The van der Waals surface area contributed by atoms with Crippen molar-refractivity contribution in [1.29, 1.82) is 0 Å². The minimum atomic E-state index is -0.997. The standard InChI is InChI=1S/C6H4NO2.Na/c8-6(9)5-2-1-3-7-4-5;/h1-3H,(H,8,9);/q-1;+1. The molecule has 0 amide bonds. The van der Waals surface area contributed by atoms with E-state index in [0.717, 1.165) is 0 Å². The fourth-order valence-corrected chi connectivity index (χ4v) is 0.445. The molecule has 0 aliphatic rings. The summed E-state index contributed by atoms with van der Waals surface area (Å²) in [6, 6.07) is 3.00. The van der Waals surface area contributed by atoms with Crippen LogP contribution in [0.25, 0.3) is 0 Å². The van der Waals surface area contributed by atoms with E-state index in [0.29, 0.717) is 0 Å². The van der Waals surface area contributed by atoms with Gasteiger partial charge < -0.3 is 14.9 Å². The summed E-state index contributed by atoms with van der Waals surface area (Å²) in [5, 5.41) is 8.31. The molecule has 1 rings (SSSR count). The van der Waals surface area contributed by atoms with Gasteiger partial charge in [-0.1, -0.05) is 6.20 Å². The maximum atomic E-state index is 10.1. The van der Waals surface area contributed by atoms with Crippen molar-refractivity contribution in [3.05, 3.63) is 30.1 Å². The van der Waals surface area contributed by atoms with Crippen molar-refractivity contribution in [1.82, 2.24) is 4.98 Å². The Labute approximate surface area is 80.4 Å². The van der Waals surface area contributed by atoms with Gasteiger partial charge in [0.25, 0.3) is 0 Å². The molecule has 0 saturated heterocycles. The fourth-order valence-electron chi connectivity index (χ4n) is 0.445. The minimum absolute atomic E-state index is 0. The number of aromatic carboxylic acids is 1. The zero-order chi connectivity index (χ0) is 6.69. The van der Waals surface area contributed by atoms with Gasteiger partial charge in [0, 0.05) is 0 Å². The molecule has 0 atom stereocenters. The van der Waals surface area contributed by atoms with Crippen molar-refractivity contribution < 1.29 is 39.5 Å². The predicted octanol–water partition coefficient (Wildman–Crippen LogP) is -2.42. The molecule has 0 aromatic carbocycles. The van der Waals surface area contributed by atoms with Gasteiger partial charge in [-0.25, -0.2) is 0 Å². The molecule has 0 unspecified atom stereocenters. The third kappa shape index (κ3) is 2.47. The van der Waals surface area contributed by atoms with E-state index in [1.807, 2.05) is 0 Å². The summed E-state index contributed by atoms with van der Waals surface area (Å²) >= 11 is 0. The number of carboxylic acids is 1. The smallest absolute Gasteiger partial charge is 0.521 e. The van der Waals surface area contributed by atoms with Crippen LogP contribution in [0, 0.1) is 6.20 Å². The van der Waals surface area contributed by atoms with E-state index in [9.17, 15) is 4.79 Å². The Kier molecular flexibility index (Phi) is 4.27. The van der Waals surface area contributed by atoms with Gasteiger partial charge >= 0.3 is 29.6 Å². The first-order chi connectivity index (χ1) is 4.30. The number of pyridine rings is 1. The number of aromatic nitrogens is 1. The molecule has 0 aliphatic heterocycles. The van der Waals surface area contributed by atoms with Crippen LogP contribution in [0.3, 0.4) is 0 Å². The average molecular weight is 145 g/mol. The molecule has 3 nitrogen and oxygen atoms in total. The Balaban J connectivity index is 0.000000810. The Bertz CT molecular complexity index is 212. The summed E-state index contributed by atoms with van der Waals surface area (Å²) in [5.41, 5.74) is 0.0949. The van der Waals surface area contributed by atoms with Crippen molar-refractivity contribution >= 4 is 5.97 Å². The summed E-state index contributed by atoms with van der Waals surface area (Å²) in [6.07, 6.45) is 3.80. The molecule has 0 radical (unpaired) electrons. The van der Waals surface area contributed by atoms with Crippen LogP contribution in [0.2, 0.25) is 0 Å². The van der Waals surface area contributed by atoms with Crippen molar-refractivity contribution in [2.75, 3.05) is 0 Å². The van der Waals surface area contributed by atoms with Gasteiger partial charge in [0.15, 0.2) is 0 Å². The van der Waals surface area contributed by atoms with Gasteiger partial charge in [-0.05, 0) is 11.8 Å². The first-order valence-corrected chi connectivity index (χ1v) is 2.36. The van der Waals surface area contributed by atoms with E-state index in [2.05, 4.69) is 11.2 Å². The summed E-state index contributed by atoms with van der Waals surface area (Å²) in [5.74, 6) is -0.997. The number of rotatable bonds is 1. The molecule has 46 valence electrons. The molecule has 4 heteroatoms. The molecule has 0 aliphatic carbocycles. The SMILES string of the molecule is O=C(O)c1[c-]nccc1.[Na+]. The quantitative estimate of drug-likeness (QED) is 0.353. The molecule has 10 heavy (non-hydrogen) atoms. The molecular formula is C6H4NNaO2. The molecule has 0 fully saturated rings. The molecule has 1 N–H and O–H groups in total. The third-order valence-electron chi connectivity index (χ3n) is 0.839. The van der Waals surface area contributed by atoms with Crippen molar-refractivity contribution in [3.8, 4) is 0 Å². The summed E-state index contributed by atoms with van der Waals surface area (Å²) in [7, 11) is 0. The Morgan fingerprint density at radius 2 is 2.40 bits per heavy atom. The number of carboxylic acid groups (broad SMARTS) is 1. The number of hydrogen-bond donors (Lipinski definition) is 1. The van der Waals surface area contributed by atoms with Gasteiger partial charge in [0.1, 0.15) is 0 Å². The van der Waals surface area contributed by atoms with Crippen LogP contribution in [0.5, 0.6) is 0 Å². The largest absolute Gasteiger partial charge is 1.00 e. The number of nitrogens with zero attached hydrogens (tertiary/aromatic N) is 1. The van der Waals surface area contributed by atoms with Crippen LogP contribution < -0.4 is 29.6 Å². The Morgan fingerprint density at radius 1 is 1.70 bits per heavy atom. The van der Waals surface area contributed by atoms with E-state index >= 15 is 0 Å². The average Bonchev–Trinajstić information content (AvgIpc) is 1.90. The van der Waals surface area contributed by atoms with Gasteiger partial charge in [-0.15, -0.1) is 12.1 Å². The van der Waals surface area contributed by atoms with Crippen LogP contribution >= 0.6 is 0 Å². The van der Waals surface area contributed by atoms with E-state index in [-0.39, 0.29) is 35.1 Å². The first kappa shape index (κ1) is 9.62. The number of hydrogen-bond acceptors (Lipinski definition) is 2. The van der Waals surface area contributed by atoms with Crippen LogP contribution in [-0.4, -0.2) is 16.1 Å². The van der Waals surface area contributed by atoms with Crippen LogP contribution in [0.15, 0.2) is 18.3 Å². The zero-order valence-corrected chi connectivity index (χ0v) is 7.53.